The third-order valence-corrected chi connectivity index (χ3v) is 4.68. The number of carbonyl (C=O) groups is 1. The molecule has 132 valence electrons. The molecule has 0 radical (unpaired) electrons. The molecule has 25 heavy (non-hydrogen) atoms. The Labute approximate surface area is 145 Å². The van der Waals surface area contributed by atoms with Gasteiger partial charge in [-0.05, 0) is 30.7 Å². The van der Waals surface area contributed by atoms with Gasteiger partial charge in [0.25, 0.3) is 11.6 Å². The summed E-state index contributed by atoms with van der Waals surface area (Å²) in [6.07, 6.45) is 0.475. The summed E-state index contributed by atoms with van der Waals surface area (Å²) < 4.78 is 26.0. The van der Waals surface area contributed by atoms with Crippen LogP contribution in [0.25, 0.3) is 0 Å². The van der Waals surface area contributed by atoms with Crippen LogP contribution in [0.4, 0.5) is 17.1 Å². The van der Waals surface area contributed by atoms with Crippen LogP contribution in [0, 0.1) is 10.1 Å². The lowest BCUT2D eigenvalue weighted by molar-refractivity contribution is -0.384. The van der Waals surface area contributed by atoms with Crippen molar-refractivity contribution in [2.75, 3.05) is 15.8 Å². The van der Waals surface area contributed by atoms with Crippen LogP contribution in [0.15, 0.2) is 48.5 Å². The minimum Gasteiger partial charge on any atom is -0.322 e. The van der Waals surface area contributed by atoms with E-state index in [4.69, 9.17) is 0 Å². The van der Waals surface area contributed by atoms with Gasteiger partial charge >= 0.3 is 0 Å². The molecule has 0 aromatic heterocycles. The maximum atomic E-state index is 12.3. The van der Waals surface area contributed by atoms with Crippen LogP contribution < -0.4 is 10.0 Å². The Morgan fingerprint density at radius 2 is 1.80 bits per heavy atom. The van der Waals surface area contributed by atoms with Gasteiger partial charge < -0.3 is 5.32 Å². The zero-order chi connectivity index (χ0) is 18.4. The first-order valence-corrected chi connectivity index (χ1v) is 9.12. The second-order valence-electron chi connectivity index (χ2n) is 5.26. The van der Waals surface area contributed by atoms with Crippen molar-refractivity contribution in [3.05, 3.63) is 64.2 Å². The molecule has 2 N–H and O–H groups in total. The van der Waals surface area contributed by atoms with Crippen LogP contribution in [-0.2, 0) is 10.0 Å². The number of non-ortho nitro benzene ring substituents is 1. The van der Waals surface area contributed by atoms with Crippen molar-refractivity contribution in [1.82, 2.24) is 0 Å². The van der Waals surface area contributed by atoms with E-state index in [-0.39, 0.29) is 28.4 Å². The number of carbonyl (C=O) groups excluding carboxylic acids is 1. The first kappa shape index (κ1) is 18.4. The zero-order valence-corrected chi connectivity index (χ0v) is 14.2. The number of hydrogen-bond donors (Lipinski definition) is 2. The number of nitrogens with one attached hydrogen (secondary N) is 2. The Balaban J connectivity index is 2.16. The highest BCUT2D eigenvalue weighted by atomic mass is 32.2. The van der Waals surface area contributed by atoms with Gasteiger partial charge in [0.2, 0.25) is 10.0 Å². The van der Waals surface area contributed by atoms with E-state index in [1.165, 1.54) is 42.5 Å². The van der Waals surface area contributed by atoms with Crippen molar-refractivity contribution in [3.63, 3.8) is 0 Å². The molecule has 1 amide bonds. The molecule has 2 aromatic carbocycles. The van der Waals surface area contributed by atoms with E-state index in [1.54, 1.807) is 13.0 Å². The number of nitrogens with zero attached hydrogens (tertiary/aromatic N) is 1. The normalized spacial score (nSPS) is 10.9. The molecule has 0 aliphatic carbocycles. The Bertz CT molecular complexity index is 896. The molecule has 0 aliphatic rings. The second kappa shape index (κ2) is 7.75. The molecule has 0 bridgehead atoms. The summed E-state index contributed by atoms with van der Waals surface area (Å²) in [6.45, 7) is 1.75. The number of hydrogen-bond acceptors (Lipinski definition) is 5. The Morgan fingerprint density at radius 1 is 1.12 bits per heavy atom. The predicted molar refractivity (Wildman–Crippen MR) is 95.2 cm³/mol. The fraction of sp³-hybridized carbons (Fsp3) is 0.188. The Kier molecular flexibility index (Phi) is 5.71. The number of benzene rings is 2. The molecule has 9 heteroatoms. The van der Waals surface area contributed by atoms with E-state index in [2.05, 4.69) is 10.0 Å². The average Bonchev–Trinajstić information content (AvgIpc) is 2.54. The SMILES string of the molecule is CCCS(=O)(=O)Nc1cccc(C(=O)Nc2cccc([N+](=O)[O-])c2)c1. The fourth-order valence-corrected chi connectivity index (χ4v) is 3.25. The van der Waals surface area contributed by atoms with Gasteiger partial charge in [-0.3, -0.25) is 19.6 Å². The Hall–Kier alpha value is -2.94. The van der Waals surface area contributed by atoms with Crippen molar-refractivity contribution in [1.29, 1.82) is 0 Å². The van der Waals surface area contributed by atoms with Gasteiger partial charge in [-0.25, -0.2) is 8.42 Å². The highest BCUT2D eigenvalue weighted by Crippen LogP contribution is 2.19. The van der Waals surface area contributed by atoms with E-state index in [1.807, 2.05) is 0 Å². The van der Waals surface area contributed by atoms with Crippen LogP contribution in [0.3, 0.4) is 0 Å². The number of amides is 1. The van der Waals surface area contributed by atoms with E-state index < -0.39 is 20.9 Å². The monoisotopic (exact) mass is 363 g/mol. The molecule has 8 nitrogen and oxygen atoms in total. The van der Waals surface area contributed by atoms with Crippen LogP contribution >= 0.6 is 0 Å². The van der Waals surface area contributed by atoms with Crippen molar-refractivity contribution in [2.24, 2.45) is 0 Å². The molecule has 2 rings (SSSR count). The molecular weight excluding hydrogens is 346 g/mol. The molecule has 0 aliphatic heterocycles. The largest absolute Gasteiger partial charge is 0.322 e. The maximum absolute atomic E-state index is 12.3. The molecule has 0 unspecified atom stereocenters. The lowest BCUT2D eigenvalue weighted by Crippen LogP contribution is -2.17. The average molecular weight is 363 g/mol. The van der Waals surface area contributed by atoms with Gasteiger partial charge in [-0.2, -0.15) is 0 Å². The predicted octanol–water partition coefficient (Wildman–Crippen LogP) is 3.00. The first-order valence-electron chi connectivity index (χ1n) is 7.47. The number of nitro benzene ring substituents is 1. The maximum Gasteiger partial charge on any atom is 0.271 e. The van der Waals surface area contributed by atoms with E-state index >= 15 is 0 Å². The molecule has 0 spiro atoms. The summed E-state index contributed by atoms with van der Waals surface area (Å²) in [5, 5.41) is 13.3. The summed E-state index contributed by atoms with van der Waals surface area (Å²) >= 11 is 0. The van der Waals surface area contributed by atoms with Gasteiger partial charge in [-0.1, -0.05) is 19.1 Å². The van der Waals surface area contributed by atoms with E-state index in [9.17, 15) is 23.3 Å². The minimum atomic E-state index is -3.46. The van der Waals surface area contributed by atoms with Crippen molar-refractivity contribution in [2.45, 2.75) is 13.3 Å². The fourth-order valence-electron chi connectivity index (χ4n) is 2.12. The quantitative estimate of drug-likeness (QED) is 0.579. The second-order valence-corrected chi connectivity index (χ2v) is 7.11. The molecule has 0 fully saturated rings. The molecular formula is C16H17N3O5S. The topological polar surface area (TPSA) is 118 Å². The summed E-state index contributed by atoms with van der Waals surface area (Å²) in [4.78, 5) is 22.5. The molecule has 2 aromatic rings. The molecule has 0 heterocycles. The van der Waals surface area contributed by atoms with E-state index in [0.717, 1.165) is 0 Å². The molecule has 0 saturated carbocycles. The summed E-state index contributed by atoms with van der Waals surface area (Å²) in [6, 6.07) is 11.6. The van der Waals surface area contributed by atoms with Gasteiger partial charge in [0, 0.05) is 29.1 Å². The van der Waals surface area contributed by atoms with Crippen LogP contribution in [0.5, 0.6) is 0 Å². The third-order valence-electron chi connectivity index (χ3n) is 3.19. The van der Waals surface area contributed by atoms with Crippen molar-refractivity contribution < 1.29 is 18.1 Å². The van der Waals surface area contributed by atoms with Crippen LogP contribution in [0.2, 0.25) is 0 Å². The van der Waals surface area contributed by atoms with Crippen LogP contribution in [-0.4, -0.2) is 25.0 Å². The van der Waals surface area contributed by atoms with Crippen LogP contribution in [0.1, 0.15) is 23.7 Å². The minimum absolute atomic E-state index is 0.0168. The van der Waals surface area contributed by atoms with Crippen molar-refractivity contribution in [3.8, 4) is 0 Å². The summed E-state index contributed by atoms with van der Waals surface area (Å²) in [7, 11) is -3.46. The Morgan fingerprint density at radius 3 is 2.48 bits per heavy atom. The lowest BCUT2D eigenvalue weighted by atomic mass is 10.2. The van der Waals surface area contributed by atoms with Gasteiger partial charge in [0.05, 0.1) is 10.7 Å². The molecule has 0 atom stereocenters. The van der Waals surface area contributed by atoms with Gasteiger partial charge in [0.15, 0.2) is 0 Å². The third kappa shape index (κ3) is 5.28. The number of rotatable bonds is 7. The summed E-state index contributed by atoms with van der Waals surface area (Å²) in [5.41, 5.74) is 0.637. The zero-order valence-electron chi connectivity index (χ0n) is 13.4. The van der Waals surface area contributed by atoms with Gasteiger partial charge in [0.1, 0.15) is 0 Å². The number of nitro groups is 1. The summed E-state index contributed by atoms with van der Waals surface area (Å²) in [5.74, 6) is -0.520. The number of sulfonamides is 1. The van der Waals surface area contributed by atoms with Gasteiger partial charge in [-0.15, -0.1) is 0 Å². The van der Waals surface area contributed by atoms with E-state index in [0.29, 0.717) is 6.42 Å². The smallest absolute Gasteiger partial charge is 0.271 e. The van der Waals surface area contributed by atoms with Crippen molar-refractivity contribution >= 4 is 33.0 Å². The molecule has 0 saturated heterocycles. The number of anilines is 2. The highest BCUT2D eigenvalue weighted by molar-refractivity contribution is 7.92. The standard InChI is InChI=1S/C16H17N3O5S/c1-2-9-25(23,24)18-14-7-3-5-12(10-14)16(20)17-13-6-4-8-15(11-13)19(21)22/h3-8,10-11,18H,2,9H2,1H3,(H,17,20). The first-order chi connectivity index (χ1) is 11.8. The highest BCUT2D eigenvalue weighted by Gasteiger charge is 2.12. The lowest BCUT2D eigenvalue weighted by Gasteiger charge is -2.09.